The van der Waals surface area contributed by atoms with Gasteiger partial charge < -0.3 is 0 Å². The predicted octanol–water partition coefficient (Wildman–Crippen LogP) is 3.16. The molecule has 58 valence electrons. The number of rotatable bonds is 2. The molecule has 0 radical (unpaired) electrons. The second-order valence-electron chi connectivity index (χ2n) is 2.24. The molecular formula is C9H8FI. The van der Waals surface area contributed by atoms with E-state index in [4.69, 9.17) is 0 Å². The maximum absolute atomic E-state index is 12.9. The molecule has 0 heterocycles. The zero-order valence-corrected chi connectivity index (χ0v) is 8.14. The van der Waals surface area contributed by atoms with Gasteiger partial charge in [-0.15, -0.1) is 6.58 Å². The van der Waals surface area contributed by atoms with E-state index in [1.807, 2.05) is 28.7 Å². The number of hydrogen-bond donors (Lipinski definition) is 0. The molecule has 0 aromatic heterocycles. The van der Waals surface area contributed by atoms with Gasteiger partial charge in [0.2, 0.25) is 0 Å². The summed E-state index contributed by atoms with van der Waals surface area (Å²) in [6, 6.07) is 5.23. The average Bonchev–Trinajstić information content (AvgIpc) is 1.98. The number of allylic oxidation sites excluding steroid dienone is 1. The van der Waals surface area contributed by atoms with Gasteiger partial charge in [-0.05, 0) is 46.7 Å². The van der Waals surface area contributed by atoms with Crippen molar-refractivity contribution in [1.82, 2.24) is 0 Å². The van der Waals surface area contributed by atoms with Crippen LogP contribution in [0.3, 0.4) is 0 Å². The Labute approximate surface area is 79.3 Å². The Kier molecular flexibility index (Phi) is 3.05. The third-order valence-electron chi connectivity index (χ3n) is 1.36. The molecule has 0 saturated carbocycles. The first kappa shape index (κ1) is 8.71. The summed E-state index contributed by atoms with van der Waals surface area (Å²) in [7, 11) is 0. The van der Waals surface area contributed by atoms with Crippen molar-refractivity contribution in [2.24, 2.45) is 0 Å². The van der Waals surface area contributed by atoms with Crippen LogP contribution in [0.2, 0.25) is 0 Å². The van der Waals surface area contributed by atoms with Crippen molar-refractivity contribution in [3.8, 4) is 0 Å². The van der Waals surface area contributed by atoms with Gasteiger partial charge in [0.15, 0.2) is 0 Å². The molecule has 0 aliphatic heterocycles. The van der Waals surface area contributed by atoms with E-state index in [0.717, 1.165) is 12.0 Å². The highest BCUT2D eigenvalue weighted by Crippen LogP contribution is 2.12. The number of halogens is 2. The Balaban J connectivity index is 2.95. The molecule has 0 spiro atoms. The van der Waals surface area contributed by atoms with Gasteiger partial charge in [0.1, 0.15) is 5.82 Å². The van der Waals surface area contributed by atoms with E-state index >= 15 is 0 Å². The molecule has 11 heavy (non-hydrogen) atoms. The molecule has 0 saturated heterocycles. The second-order valence-corrected chi connectivity index (χ2v) is 3.40. The van der Waals surface area contributed by atoms with Crippen molar-refractivity contribution >= 4 is 22.6 Å². The van der Waals surface area contributed by atoms with Gasteiger partial charge >= 0.3 is 0 Å². The lowest BCUT2D eigenvalue weighted by atomic mass is 10.1. The summed E-state index contributed by atoms with van der Waals surface area (Å²) in [5.74, 6) is -0.148. The fourth-order valence-corrected chi connectivity index (χ4v) is 1.17. The summed E-state index contributed by atoms with van der Waals surface area (Å²) in [6.45, 7) is 3.58. The maximum Gasteiger partial charge on any atom is 0.136 e. The molecule has 1 aromatic carbocycles. The van der Waals surface area contributed by atoms with Crippen LogP contribution in [0.4, 0.5) is 4.39 Å². The van der Waals surface area contributed by atoms with Crippen LogP contribution in [0.25, 0.3) is 0 Å². The van der Waals surface area contributed by atoms with E-state index in [1.54, 1.807) is 18.2 Å². The van der Waals surface area contributed by atoms with E-state index in [-0.39, 0.29) is 5.82 Å². The van der Waals surface area contributed by atoms with Gasteiger partial charge in [-0.3, -0.25) is 0 Å². The highest BCUT2D eigenvalue weighted by Gasteiger charge is 1.97. The quantitative estimate of drug-likeness (QED) is 0.567. The molecule has 0 N–H and O–H groups in total. The van der Waals surface area contributed by atoms with Crippen molar-refractivity contribution in [2.75, 3.05) is 0 Å². The Hall–Kier alpha value is -0.380. The Morgan fingerprint density at radius 2 is 2.27 bits per heavy atom. The lowest BCUT2D eigenvalue weighted by Crippen LogP contribution is -1.85. The smallest absolute Gasteiger partial charge is 0.136 e. The molecule has 0 aliphatic rings. The van der Waals surface area contributed by atoms with Crippen LogP contribution in [-0.4, -0.2) is 0 Å². The summed E-state index contributed by atoms with van der Waals surface area (Å²) in [6.07, 6.45) is 2.50. The molecule has 0 atom stereocenters. The third-order valence-corrected chi connectivity index (χ3v) is 2.24. The van der Waals surface area contributed by atoms with Crippen LogP contribution in [-0.2, 0) is 6.42 Å². The minimum absolute atomic E-state index is 0.148. The van der Waals surface area contributed by atoms with Crippen LogP contribution >= 0.6 is 22.6 Å². The molecule has 2 heteroatoms. The van der Waals surface area contributed by atoms with E-state index in [2.05, 4.69) is 6.58 Å². The first-order chi connectivity index (χ1) is 5.24. The first-order valence-corrected chi connectivity index (χ1v) is 4.36. The Morgan fingerprint density at radius 3 is 2.82 bits per heavy atom. The summed E-state index contributed by atoms with van der Waals surface area (Å²) in [5.41, 5.74) is 0.970. The fourth-order valence-electron chi connectivity index (χ4n) is 0.833. The Morgan fingerprint density at radius 1 is 1.55 bits per heavy atom. The number of benzene rings is 1. The zero-order valence-electron chi connectivity index (χ0n) is 5.98. The van der Waals surface area contributed by atoms with E-state index in [1.165, 1.54) is 0 Å². The van der Waals surface area contributed by atoms with E-state index < -0.39 is 0 Å². The molecule has 1 rings (SSSR count). The average molecular weight is 262 g/mol. The minimum atomic E-state index is -0.148. The predicted molar refractivity (Wildman–Crippen MR) is 53.0 cm³/mol. The SMILES string of the molecule is C=CCc1ccc(I)c(F)c1. The highest BCUT2D eigenvalue weighted by molar-refractivity contribution is 14.1. The highest BCUT2D eigenvalue weighted by atomic mass is 127. The van der Waals surface area contributed by atoms with Crippen molar-refractivity contribution in [3.63, 3.8) is 0 Å². The first-order valence-electron chi connectivity index (χ1n) is 3.29. The van der Waals surface area contributed by atoms with Gasteiger partial charge in [-0.25, -0.2) is 4.39 Å². The van der Waals surface area contributed by atoms with Crippen LogP contribution in [0.15, 0.2) is 30.9 Å². The topological polar surface area (TPSA) is 0 Å². The minimum Gasteiger partial charge on any atom is -0.206 e. The summed E-state index contributed by atoms with van der Waals surface area (Å²) >= 11 is 1.97. The van der Waals surface area contributed by atoms with Crippen molar-refractivity contribution < 1.29 is 4.39 Å². The van der Waals surface area contributed by atoms with E-state index in [9.17, 15) is 4.39 Å². The molecule has 0 bridgehead atoms. The van der Waals surface area contributed by atoms with Gasteiger partial charge in [0, 0.05) is 3.57 Å². The van der Waals surface area contributed by atoms with E-state index in [0.29, 0.717) is 3.57 Å². The van der Waals surface area contributed by atoms with Crippen molar-refractivity contribution in [1.29, 1.82) is 0 Å². The summed E-state index contributed by atoms with van der Waals surface area (Å²) < 4.78 is 13.5. The third kappa shape index (κ3) is 2.29. The van der Waals surface area contributed by atoms with Crippen molar-refractivity contribution in [3.05, 3.63) is 45.8 Å². The molecule has 0 aliphatic carbocycles. The summed E-state index contributed by atoms with van der Waals surface area (Å²) in [4.78, 5) is 0. The lowest BCUT2D eigenvalue weighted by Gasteiger charge is -1.97. The Bertz CT molecular complexity index is 268. The molecule has 0 amide bonds. The van der Waals surface area contributed by atoms with Gasteiger partial charge in [-0.2, -0.15) is 0 Å². The molecule has 0 unspecified atom stereocenters. The van der Waals surface area contributed by atoms with Crippen LogP contribution in [0.5, 0.6) is 0 Å². The monoisotopic (exact) mass is 262 g/mol. The molecular weight excluding hydrogens is 254 g/mol. The zero-order chi connectivity index (χ0) is 8.27. The normalized spacial score (nSPS) is 9.64. The van der Waals surface area contributed by atoms with Crippen molar-refractivity contribution in [2.45, 2.75) is 6.42 Å². The van der Waals surface area contributed by atoms with Crippen LogP contribution in [0.1, 0.15) is 5.56 Å². The number of hydrogen-bond acceptors (Lipinski definition) is 0. The fraction of sp³-hybridized carbons (Fsp3) is 0.111. The maximum atomic E-state index is 12.9. The largest absolute Gasteiger partial charge is 0.206 e. The van der Waals surface area contributed by atoms with Gasteiger partial charge in [0.05, 0.1) is 0 Å². The molecule has 1 aromatic rings. The lowest BCUT2D eigenvalue weighted by molar-refractivity contribution is 0.618. The second kappa shape index (κ2) is 3.85. The van der Waals surface area contributed by atoms with Crippen LogP contribution in [0, 0.1) is 9.39 Å². The molecule has 0 nitrogen and oxygen atoms in total. The molecule has 0 fully saturated rings. The van der Waals surface area contributed by atoms with Gasteiger partial charge in [0.25, 0.3) is 0 Å². The van der Waals surface area contributed by atoms with Crippen LogP contribution < -0.4 is 0 Å². The summed E-state index contributed by atoms with van der Waals surface area (Å²) in [5, 5.41) is 0. The standard InChI is InChI=1S/C9H8FI/c1-2-3-7-4-5-9(11)8(10)6-7/h2,4-6H,1,3H2. The van der Waals surface area contributed by atoms with Gasteiger partial charge in [-0.1, -0.05) is 12.1 Å².